The molecule has 178 valence electrons. The highest BCUT2D eigenvalue weighted by Gasteiger charge is 2.52. The lowest BCUT2D eigenvalue weighted by Gasteiger charge is -2.29. The van der Waals surface area contributed by atoms with Crippen molar-refractivity contribution >= 4 is 35.0 Å². The maximum atomic E-state index is 13.7. The highest BCUT2D eigenvalue weighted by molar-refractivity contribution is 7.10. The van der Waals surface area contributed by atoms with Gasteiger partial charge in [0, 0.05) is 29.6 Å². The molecule has 2 aromatic rings. The summed E-state index contributed by atoms with van der Waals surface area (Å²) in [5.41, 5.74) is 2.42. The number of carbonyl (C=O) groups is 4. The molecule has 4 atom stereocenters. The molecule has 5 rings (SSSR count). The standard InChI is InChI=1S/C25H28N4O4S/c1-14-5-6-15(2)18(10-14)24(32)28-8-7-19-22(28)25(33)29-13-16(11-20(29)23(31)27-19)26-21(30)12-17-4-3-9-34-17/h3-6,9-10,16,19-20,22H,7-8,11-13H2,1-2H3,(H,26,30)(H,27,31). The summed E-state index contributed by atoms with van der Waals surface area (Å²) in [4.78, 5) is 56.7. The van der Waals surface area contributed by atoms with Gasteiger partial charge >= 0.3 is 0 Å². The molecular formula is C25H28N4O4S. The van der Waals surface area contributed by atoms with E-state index in [2.05, 4.69) is 10.6 Å². The van der Waals surface area contributed by atoms with Crippen molar-refractivity contribution in [2.75, 3.05) is 13.1 Å². The van der Waals surface area contributed by atoms with Crippen molar-refractivity contribution in [1.82, 2.24) is 20.4 Å². The second kappa shape index (κ2) is 8.87. The molecule has 4 heterocycles. The molecule has 0 aliphatic carbocycles. The van der Waals surface area contributed by atoms with Crippen LogP contribution in [0, 0.1) is 13.8 Å². The Morgan fingerprint density at radius 1 is 1.21 bits per heavy atom. The molecule has 3 aliphatic heterocycles. The normalized spacial score (nSPS) is 26.1. The van der Waals surface area contributed by atoms with Gasteiger partial charge in [0.15, 0.2) is 0 Å². The highest BCUT2D eigenvalue weighted by atomic mass is 32.1. The maximum Gasteiger partial charge on any atom is 0.254 e. The monoisotopic (exact) mass is 480 g/mol. The summed E-state index contributed by atoms with van der Waals surface area (Å²) in [7, 11) is 0. The molecule has 3 aliphatic rings. The smallest absolute Gasteiger partial charge is 0.254 e. The molecule has 0 bridgehead atoms. The summed E-state index contributed by atoms with van der Waals surface area (Å²) in [6, 6.07) is 7.46. The average molecular weight is 481 g/mol. The van der Waals surface area contributed by atoms with E-state index in [1.165, 1.54) is 11.3 Å². The lowest BCUT2D eigenvalue weighted by Crippen LogP contribution is -2.52. The first kappa shape index (κ1) is 22.6. The molecule has 0 saturated carbocycles. The van der Waals surface area contributed by atoms with Crippen LogP contribution in [0.25, 0.3) is 0 Å². The zero-order valence-electron chi connectivity index (χ0n) is 19.2. The van der Waals surface area contributed by atoms with Crippen molar-refractivity contribution in [3.63, 3.8) is 0 Å². The van der Waals surface area contributed by atoms with Crippen molar-refractivity contribution in [2.45, 2.75) is 57.3 Å². The number of likely N-dealkylation sites (tertiary alicyclic amines) is 1. The minimum atomic E-state index is -0.734. The Morgan fingerprint density at radius 3 is 2.79 bits per heavy atom. The predicted octanol–water partition coefficient (Wildman–Crippen LogP) is 1.41. The third-order valence-corrected chi connectivity index (χ3v) is 7.91. The summed E-state index contributed by atoms with van der Waals surface area (Å²) in [5.74, 6) is -0.741. The third kappa shape index (κ3) is 4.09. The molecule has 0 spiro atoms. The van der Waals surface area contributed by atoms with E-state index in [0.29, 0.717) is 24.9 Å². The van der Waals surface area contributed by atoms with Gasteiger partial charge in [-0.1, -0.05) is 23.8 Å². The number of nitrogens with one attached hydrogen (secondary N) is 2. The molecule has 34 heavy (non-hydrogen) atoms. The second-order valence-corrected chi connectivity index (χ2v) is 10.5. The number of rotatable bonds is 4. The van der Waals surface area contributed by atoms with E-state index in [4.69, 9.17) is 0 Å². The van der Waals surface area contributed by atoms with Crippen LogP contribution in [0.4, 0.5) is 0 Å². The van der Waals surface area contributed by atoms with E-state index < -0.39 is 18.1 Å². The van der Waals surface area contributed by atoms with E-state index in [1.807, 2.05) is 49.6 Å². The number of amides is 4. The Hall–Kier alpha value is -3.20. The van der Waals surface area contributed by atoms with Gasteiger partial charge in [0.25, 0.3) is 5.91 Å². The Balaban J connectivity index is 1.33. The fraction of sp³-hybridized carbons (Fsp3) is 0.440. The zero-order valence-corrected chi connectivity index (χ0v) is 20.1. The lowest BCUT2D eigenvalue weighted by atomic mass is 10.0. The number of hydrogen-bond donors (Lipinski definition) is 2. The van der Waals surface area contributed by atoms with Crippen LogP contribution in [-0.4, -0.2) is 70.7 Å². The van der Waals surface area contributed by atoms with Gasteiger partial charge in [-0.05, 0) is 49.8 Å². The topological polar surface area (TPSA) is 98.8 Å². The summed E-state index contributed by atoms with van der Waals surface area (Å²) in [6.07, 6.45) is 1.19. The van der Waals surface area contributed by atoms with Gasteiger partial charge in [0.05, 0.1) is 12.5 Å². The third-order valence-electron chi connectivity index (χ3n) is 7.03. The van der Waals surface area contributed by atoms with Crippen molar-refractivity contribution < 1.29 is 19.2 Å². The summed E-state index contributed by atoms with van der Waals surface area (Å²) >= 11 is 1.52. The molecule has 0 radical (unpaired) electrons. The first-order chi connectivity index (χ1) is 16.3. The molecule has 1 aromatic heterocycles. The van der Waals surface area contributed by atoms with Gasteiger partial charge in [-0.3, -0.25) is 19.2 Å². The van der Waals surface area contributed by atoms with E-state index in [-0.39, 0.29) is 42.6 Å². The van der Waals surface area contributed by atoms with Crippen molar-refractivity contribution in [3.05, 3.63) is 57.3 Å². The summed E-state index contributed by atoms with van der Waals surface area (Å²) in [6.45, 7) is 4.49. The van der Waals surface area contributed by atoms with Crippen LogP contribution in [0.2, 0.25) is 0 Å². The molecule has 4 amide bonds. The second-order valence-electron chi connectivity index (χ2n) is 9.43. The number of hydrogen-bond acceptors (Lipinski definition) is 5. The number of fused-ring (bicyclic) bond motifs is 2. The molecule has 9 heteroatoms. The molecule has 2 N–H and O–H groups in total. The van der Waals surface area contributed by atoms with E-state index in [1.54, 1.807) is 9.80 Å². The van der Waals surface area contributed by atoms with Gasteiger partial charge in [-0.25, -0.2) is 0 Å². The lowest BCUT2D eigenvalue weighted by molar-refractivity contribution is -0.138. The zero-order chi connectivity index (χ0) is 24.0. The predicted molar refractivity (Wildman–Crippen MR) is 127 cm³/mol. The minimum absolute atomic E-state index is 0.122. The highest BCUT2D eigenvalue weighted by Crippen LogP contribution is 2.30. The molecule has 4 unspecified atom stereocenters. The molecule has 3 fully saturated rings. The molecule has 8 nitrogen and oxygen atoms in total. The van der Waals surface area contributed by atoms with Crippen LogP contribution >= 0.6 is 11.3 Å². The quantitative estimate of drug-likeness (QED) is 0.691. The van der Waals surface area contributed by atoms with Crippen LogP contribution in [0.15, 0.2) is 35.7 Å². The number of benzene rings is 1. The first-order valence-electron chi connectivity index (χ1n) is 11.6. The number of thiophene rings is 1. The summed E-state index contributed by atoms with van der Waals surface area (Å²) < 4.78 is 0. The Kier molecular flexibility index (Phi) is 5.89. The van der Waals surface area contributed by atoms with Gasteiger partial charge in [-0.15, -0.1) is 11.3 Å². The molecule has 1 aromatic carbocycles. The van der Waals surface area contributed by atoms with Crippen LogP contribution in [-0.2, 0) is 20.8 Å². The van der Waals surface area contributed by atoms with E-state index in [9.17, 15) is 19.2 Å². The maximum absolute atomic E-state index is 13.7. The van der Waals surface area contributed by atoms with E-state index >= 15 is 0 Å². The van der Waals surface area contributed by atoms with Crippen LogP contribution in [0.3, 0.4) is 0 Å². The van der Waals surface area contributed by atoms with Crippen molar-refractivity contribution in [3.8, 4) is 0 Å². The van der Waals surface area contributed by atoms with Crippen molar-refractivity contribution in [1.29, 1.82) is 0 Å². The van der Waals surface area contributed by atoms with Crippen molar-refractivity contribution in [2.24, 2.45) is 0 Å². The largest absolute Gasteiger partial charge is 0.351 e. The Labute approximate surface area is 202 Å². The fourth-order valence-electron chi connectivity index (χ4n) is 5.33. The number of carbonyl (C=O) groups excluding carboxylic acids is 4. The van der Waals surface area contributed by atoms with Gasteiger partial charge < -0.3 is 20.4 Å². The van der Waals surface area contributed by atoms with E-state index in [0.717, 1.165) is 16.0 Å². The number of aryl methyl sites for hydroxylation is 2. The molecule has 3 saturated heterocycles. The summed E-state index contributed by atoms with van der Waals surface area (Å²) in [5, 5.41) is 7.92. The van der Waals surface area contributed by atoms with Crippen LogP contribution < -0.4 is 10.6 Å². The average Bonchev–Trinajstić information content (AvgIpc) is 3.53. The Morgan fingerprint density at radius 2 is 2.03 bits per heavy atom. The molecular weight excluding hydrogens is 452 g/mol. The fourth-order valence-corrected chi connectivity index (χ4v) is 6.03. The Bertz CT molecular complexity index is 1150. The number of nitrogens with zero attached hydrogens (tertiary/aromatic N) is 2. The van der Waals surface area contributed by atoms with Crippen LogP contribution in [0.5, 0.6) is 0 Å². The minimum Gasteiger partial charge on any atom is -0.351 e. The SMILES string of the molecule is Cc1ccc(C)c(C(=O)N2CCC3NC(=O)C4CC(NC(=O)Cc5cccs5)CN4C(=O)C32)c1. The van der Waals surface area contributed by atoms with Gasteiger partial charge in [0.2, 0.25) is 17.7 Å². The van der Waals surface area contributed by atoms with Crippen LogP contribution in [0.1, 0.15) is 39.2 Å². The van der Waals surface area contributed by atoms with Gasteiger partial charge in [-0.2, -0.15) is 0 Å². The first-order valence-corrected chi connectivity index (χ1v) is 12.5. The van der Waals surface area contributed by atoms with Gasteiger partial charge in [0.1, 0.15) is 12.1 Å².